The number of aryl methyl sites for hydroxylation is 2. The van der Waals surface area contributed by atoms with Gasteiger partial charge in [-0.25, -0.2) is 4.98 Å². The Morgan fingerprint density at radius 1 is 1.26 bits per heavy atom. The summed E-state index contributed by atoms with van der Waals surface area (Å²) in [6.07, 6.45) is -9.58. The van der Waals surface area contributed by atoms with Crippen molar-refractivity contribution in [2.24, 2.45) is 13.0 Å². The molecule has 0 N–H and O–H groups in total. The lowest BCUT2D eigenvalue weighted by molar-refractivity contribution is -0.273. The van der Waals surface area contributed by atoms with Crippen LogP contribution in [0.3, 0.4) is 0 Å². The quantitative estimate of drug-likeness (QED) is 0.798. The Hall–Kier alpha value is -1.54. The molecule has 108 valence electrons. The maximum absolute atomic E-state index is 12.2. The number of alkyl halides is 6. The molecule has 0 aliphatic heterocycles. The van der Waals surface area contributed by atoms with Crippen LogP contribution < -0.4 is 0 Å². The van der Waals surface area contributed by atoms with Gasteiger partial charge in [-0.05, 0) is 0 Å². The van der Waals surface area contributed by atoms with Gasteiger partial charge >= 0.3 is 12.4 Å². The zero-order chi connectivity index (χ0) is 14.8. The summed E-state index contributed by atoms with van der Waals surface area (Å²) in [6.45, 7) is 0. The van der Waals surface area contributed by atoms with Crippen LogP contribution >= 0.6 is 0 Å². The number of Topliss-reactive ketones (excluding diaryl/α,β-unsaturated/α-hetero) is 1. The third-order valence-corrected chi connectivity index (χ3v) is 2.49. The first-order valence-corrected chi connectivity index (χ1v) is 5.16. The molecule has 0 aliphatic carbocycles. The highest BCUT2D eigenvalue weighted by Gasteiger charge is 2.60. The SMILES string of the molecule is Cn1ccnc1CCC(=O)C(C(F)(F)F)C(F)(F)F. The largest absolute Gasteiger partial charge is 0.407 e. The van der Waals surface area contributed by atoms with Crippen LogP contribution in [-0.4, -0.2) is 27.7 Å². The van der Waals surface area contributed by atoms with Gasteiger partial charge in [0.15, 0.2) is 5.78 Å². The summed E-state index contributed by atoms with van der Waals surface area (Å²) in [7, 11) is 1.53. The van der Waals surface area contributed by atoms with E-state index in [1.165, 1.54) is 24.0 Å². The number of imidazole rings is 1. The molecule has 3 nitrogen and oxygen atoms in total. The van der Waals surface area contributed by atoms with Crippen LogP contribution in [0.25, 0.3) is 0 Å². The van der Waals surface area contributed by atoms with Gasteiger partial charge in [0.25, 0.3) is 0 Å². The van der Waals surface area contributed by atoms with Crippen LogP contribution in [0.5, 0.6) is 0 Å². The molecule has 0 unspecified atom stereocenters. The first kappa shape index (κ1) is 15.5. The number of rotatable bonds is 4. The smallest absolute Gasteiger partial charge is 0.338 e. The highest BCUT2D eigenvalue weighted by molar-refractivity contribution is 5.82. The van der Waals surface area contributed by atoms with Crippen molar-refractivity contribution in [2.45, 2.75) is 25.2 Å². The minimum Gasteiger partial charge on any atom is -0.338 e. The Morgan fingerprint density at radius 2 is 1.79 bits per heavy atom. The van der Waals surface area contributed by atoms with Crippen molar-refractivity contribution in [1.29, 1.82) is 0 Å². The van der Waals surface area contributed by atoms with Crippen LogP contribution in [0.1, 0.15) is 12.2 Å². The Balaban J connectivity index is 2.77. The molecule has 1 aromatic rings. The normalized spacial score (nSPS) is 13.1. The number of carbonyl (C=O) groups is 1. The first-order valence-electron chi connectivity index (χ1n) is 5.16. The fourth-order valence-electron chi connectivity index (χ4n) is 1.57. The Morgan fingerprint density at radius 3 is 2.16 bits per heavy atom. The molecule has 0 saturated carbocycles. The monoisotopic (exact) mass is 288 g/mol. The van der Waals surface area contributed by atoms with E-state index < -0.39 is 30.5 Å². The summed E-state index contributed by atoms with van der Waals surface area (Å²) in [5.41, 5.74) is 0. The molecule has 0 amide bonds. The van der Waals surface area contributed by atoms with E-state index in [-0.39, 0.29) is 12.2 Å². The predicted molar refractivity (Wildman–Crippen MR) is 52.1 cm³/mol. The van der Waals surface area contributed by atoms with Crippen molar-refractivity contribution in [1.82, 2.24) is 9.55 Å². The van der Waals surface area contributed by atoms with Crippen LogP contribution in [0.15, 0.2) is 12.4 Å². The summed E-state index contributed by atoms with van der Waals surface area (Å²) < 4.78 is 74.9. The third kappa shape index (κ3) is 3.97. The van der Waals surface area contributed by atoms with Crippen LogP contribution in [0, 0.1) is 5.92 Å². The van der Waals surface area contributed by atoms with Gasteiger partial charge in [-0.2, -0.15) is 26.3 Å². The second-order valence-corrected chi connectivity index (χ2v) is 3.94. The van der Waals surface area contributed by atoms with Crippen LogP contribution in [0.4, 0.5) is 26.3 Å². The maximum Gasteiger partial charge on any atom is 0.407 e. The summed E-state index contributed by atoms with van der Waals surface area (Å²) in [5.74, 6) is -5.58. The lowest BCUT2D eigenvalue weighted by Crippen LogP contribution is -2.42. The fourth-order valence-corrected chi connectivity index (χ4v) is 1.57. The van der Waals surface area contributed by atoms with E-state index in [4.69, 9.17) is 0 Å². The highest BCUT2D eigenvalue weighted by atomic mass is 19.4. The highest BCUT2D eigenvalue weighted by Crippen LogP contribution is 2.40. The standard InChI is InChI=1S/C10H10F6N2O/c1-18-5-4-17-7(18)3-2-6(19)8(9(11,12)13)10(14,15)16/h4-5,8H,2-3H2,1H3. The van der Waals surface area contributed by atoms with Crippen molar-refractivity contribution in [3.05, 3.63) is 18.2 Å². The van der Waals surface area contributed by atoms with Crippen LogP contribution in [-0.2, 0) is 18.3 Å². The van der Waals surface area contributed by atoms with Crippen molar-refractivity contribution < 1.29 is 31.1 Å². The molecule has 0 atom stereocenters. The lowest BCUT2D eigenvalue weighted by Gasteiger charge is -2.21. The molecule has 9 heteroatoms. The van der Waals surface area contributed by atoms with Crippen LogP contribution in [0.2, 0.25) is 0 Å². The van der Waals surface area contributed by atoms with Gasteiger partial charge in [-0.15, -0.1) is 0 Å². The van der Waals surface area contributed by atoms with Gasteiger partial charge in [0.05, 0.1) is 0 Å². The Kier molecular flexibility index (Phi) is 4.26. The van der Waals surface area contributed by atoms with E-state index >= 15 is 0 Å². The van der Waals surface area contributed by atoms with Crippen molar-refractivity contribution in [3.8, 4) is 0 Å². The molecule has 0 spiro atoms. The minimum absolute atomic E-state index is 0.247. The number of aromatic nitrogens is 2. The molecule has 0 aromatic carbocycles. The van der Waals surface area contributed by atoms with E-state index in [9.17, 15) is 31.1 Å². The molecule has 0 radical (unpaired) electrons. The van der Waals surface area contributed by atoms with E-state index in [1.54, 1.807) is 0 Å². The molecule has 0 fully saturated rings. The number of carbonyl (C=O) groups excluding carboxylic acids is 1. The first-order chi connectivity index (χ1) is 8.53. The predicted octanol–water partition coefficient (Wildman–Crippen LogP) is 2.66. The molecule has 1 aromatic heterocycles. The fraction of sp³-hybridized carbons (Fsp3) is 0.600. The average Bonchev–Trinajstić information content (AvgIpc) is 2.56. The zero-order valence-electron chi connectivity index (χ0n) is 9.72. The number of hydrogen-bond donors (Lipinski definition) is 0. The minimum atomic E-state index is -5.63. The van der Waals surface area contributed by atoms with Crippen molar-refractivity contribution in [2.75, 3.05) is 0 Å². The number of halogens is 6. The summed E-state index contributed by atoms with van der Waals surface area (Å²) in [4.78, 5) is 14.9. The maximum atomic E-state index is 12.2. The zero-order valence-corrected chi connectivity index (χ0v) is 9.72. The Bertz CT molecular complexity index is 434. The molecule has 1 rings (SSSR count). The second-order valence-electron chi connectivity index (χ2n) is 3.94. The number of hydrogen-bond acceptors (Lipinski definition) is 2. The van der Waals surface area contributed by atoms with Gasteiger partial charge in [-0.1, -0.05) is 0 Å². The second kappa shape index (κ2) is 5.22. The van der Waals surface area contributed by atoms with Crippen molar-refractivity contribution >= 4 is 5.78 Å². The van der Waals surface area contributed by atoms with Gasteiger partial charge in [-0.3, -0.25) is 4.79 Å². The number of ketones is 1. The summed E-state index contributed by atoms with van der Waals surface area (Å²) >= 11 is 0. The molecular formula is C10H10F6N2O. The van der Waals surface area contributed by atoms with Gasteiger partial charge in [0, 0.05) is 32.3 Å². The van der Waals surface area contributed by atoms with E-state index in [0.717, 1.165) is 0 Å². The third-order valence-electron chi connectivity index (χ3n) is 2.49. The molecule has 0 aliphatic rings. The van der Waals surface area contributed by atoms with Gasteiger partial charge in [0.1, 0.15) is 5.82 Å². The average molecular weight is 288 g/mol. The molecule has 0 saturated heterocycles. The molecule has 1 heterocycles. The van der Waals surface area contributed by atoms with E-state index in [1.807, 2.05) is 0 Å². The number of nitrogens with zero attached hydrogens (tertiary/aromatic N) is 2. The molecule has 19 heavy (non-hydrogen) atoms. The molecule has 0 bridgehead atoms. The Labute approximate surface area is 104 Å². The van der Waals surface area contributed by atoms with E-state index in [0.29, 0.717) is 0 Å². The molecular weight excluding hydrogens is 278 g/mol. The summed E-state index contributed by atoms with van der Waals surface area (Å²) in [6, 6.07) is 0. The van der Waals surface area contributed by atoms with E-state index in [2.05, 4.69) is 4.98 Å². The lowest BCUT2D eigenvalue weighted by atomic mass is 9.99. The van der Waals surface area contributed by atoms with Gasteiger partial charge < -0.3 is 4.57 Å². The van der Waals surface area contributed by atoms with Crippen molar-refractivity contribution in [3.63, 3.8) is 0 Å². The summed E-state index contributed by atoms with van der Waals surface area (Å²) in [5, 5.41) is 0. The topological polar surface area (TPSA) is 34.9 Å². The van der Waals surface area contributed by atoms with Gasteiger partial charge in [0.2, 0.25) is 5.92 Å².